The normalized spacial score (nSPS) is 11.6. The number of furan rings is 1. The Morgan fingerprint density at radius 2 is 1.07 bits per heavy atom. The Morgan fingerprint density at radius 1 is 0.382 bits per heavy atom. The molecule has 2 heterocycles. The highest BCUT2D eigenvalue weighted by molar-refractivity contribution is 7.26. The van der Waals surface area contributed by atoms with Crippen LogP contribution >= 0.6 is 11.3 Å². The number of thiophene rings is 1. The van der Waals surface area contributed by atoms with Crippen LogP contribution in [0.3, 0.4) is 0 Å². The Hall–Kier alpha value is -6.94. The van der Waals surface area contributed by atoms with Crippen molar-refractivity contribution >= 4 is 81.3 Å². The van der Waals surface area contributed by atoms with Crippen molar-refractivity contribution in [2.75, 3.05) is 4.90 Å². The molecule has 9 aromatic carbocycles. The lowest BCUT2D eigenvalue weighted by Crippen LogP contribution is -2.10. The minimum atomic E-state index is 0.895. The van der Waals surface area contributed by atoms with E-state index in [0.717, 1.165) is 61.3 Å². The van der Waals surface area contributed by atoms with E-state index in [1.165, 1.54) is 42.1 Å². The van der Waals surface area contributed by atoms with Crippen LogP contribution in [0.5, 0.6) is 0 Å². The molecule has 0 aliphatic carbocycles. The Morgan fingerprint density at radius 3 is 1.96 bits per heavy atom. The summed E-state index contributed by atoms with van der Waals surface area (Å²) in [5, 5.41) is 7.29. The molecule has 0 aliphatic rings. The first kappa shape index (κ1) is 31.6. The van der Waals surface area contributed by atoms with Gasteiger partial charge in [-0.2, -0.15) is 0 Å². The Labute approximate surface area is 322 Å². The first-order valence-corrected chi connectivity index (χ1v) is 19.5. The fraction of sp³-hybridized carbons (Fsp3) is 0. The van der Waals surface area contributed by atoms with Gasteiger partial charge in [-0.05, 0) is 87.1 Å². The highest BCUT2D eigenvalue weighted by Gasteiger charge is 2.22. The van der Waals surface area contributed by atoms with Crippen molar-refractivity contribution < 1.29 is 4.42 Å². The fourth-order valence-electron chi connectivity index (χ4n) is 8.23. The number of nitrogens with zero attached hydrogens (tertiary/aromatic N) is 1. The van der Waals surface area contributed by atoms with Gasteiger partial charge in [-0.1, -0.05) is 152 Å². The second kappa shape index (κ2) is 12.9. The van der Waals surface area contributed by atoms with Crippen LogP contribution in [0.15, 0.2) is 205 Å². The number of anilines is 3. The van der Waals surface area contributed by atoms with Crippen molar-refractivity contribution in [3.63, 3.8) is 0 Å². The lowest BCUT2D eigenvalue weighted by Gasteiger charge is -2.27. The lowest BCUT2D eigenvalue weighted by molar-refractivity contribution is 0.670. The molecule has 11 aromatic rings. The van der Waals surface area contributed by atoms with Crippen molar-refractivity contribution in [2.45, 2.75) is 0 Å². The van der Waals surface area contributed by atoms with E-state index in [4.69, 9.17) is 4.42 Å². The van der Waals surface area contributed by atoms with E-state index in [1.54, 1.807) is 0 Å². The third-order valence-electron chi connectivity index (χ3n) is 10.9. The van der Waals surface area contributed by atoms with Gasteiger partial charge in [0, 0.05) is 43.2 Å². The van der Waals surface area contributed by atoms with Crippen LogP contribution in [0.4, 0.5) is 17.1 Å². The van der Waals surface area contributed by atoms with Crippen molar-refractivity contribution in [2.24, 2.45) is 0 Å². The summed E-state index contributed by atoms with van der Waals surface area (Å²) in [4.78, 5) is 2.43. The van der Waals surface area contributed by atoms with Gasteiger partial charge < -0.3 is 9.32 Å². The average Bonchev–Trinajstić information content (AvgIpc) is 3.83. The molecule has 258 valence electrons. The van der Waals surface area contributed by atoms with Crippen LogP contribution in [0.2, 0.25) is 0 Å². The van der Waals surface area contributed by atoms with Gasteiger partial charge in [-0.3, -0.25) is 0 Å². The molecule has 0 amide bonds. The molecule has 0 radical (unpaired) electrons. The van der Waals surface area contributed by atoms with Crippen molar-refractivity contribution in [3.8, 4) is 33.4 Å². The number of benzene rings is 9. The SMILES string of the molecule is c1ccc(-c2ccc(N(c3ccc(-c4ccc5ccccc5c4)cc3)c3cccc4c3sc3ccccc34)cc2-c2cccc3c2oc2ccccc23)cc1. The van der Waals surface area contributed by atoms with Crippen LogP contribution in [0.25, 0.3) is 86.3 Å². The summed E-state index contributed by atoms with van der Waals surface area (Å²) >= 11 is 1.86. The maximum atomic E-state index is 6.66. The summed E-state index contributed by atoms with van der Waals surface area (Å²) in [7, 11) is 0. The van der Waals surface area contributed by atoms with Gasteiger partial charge in [0.1, 0.15) is 11.2 Å². The summed E-state index contributed by atoms with van der Waals surface area (Å²) in [6.45, 7) is 0. The highest BCUT2D eigenvalue weighted by Crippen LogP contribution is 2.48. The van der Waals surface area contributed by atoms with Gasteiger partial charge in [-0.25, -0.2) is 0 Å². The third-order valence-corrected chi connectivity index (χ3v) is 12.1. The fourth-order valence-corrected chi connectivity index (χ4v) is 9.44. The van der Waals surface area contributed by atoms with Gasteiger partial charge in [0.15, 0.2) is 0 Å². The van der Waals surface area contributed by atoms with E-state index in [9.17, 15) is 0 Å². The van der Waals surface area contributed by atoms with Gasteiger partial charge in [0.25, 0.3) is 0 Å². The van der Waals surface area contributed by atoms with Gasteiger partial charge in [-0.15, -0.1) is 11.3 Å². The molecule has 0 unspecified atom stereocenters. The molecule has 11 rings (SSSR count). The van der Waals surface area contributed by atoms with E-state index in [2.05, 4.69) is 199 Å². The first-order chi connectivity index (χ1) is 27.3. The van der Waals surface area contributed by atoms with E-state index in [0.29, 0.717) is 0 Å². The minimum Gasteiger partial charge on any atom is -0.455 e. The number of rotatable bonds is 6. The molecule has 0 atom stereocenters. The Kier molecular flexibility index (Phi) is 7.39. The van der Waals surface area contributed by atoms with Crippen LogP contribution in [0, 0.1) is 0 Å². The smallest absolute Gasteiger partial charge is 0.143 e. The van der Waals surface area contributed by atoms with Crippen LogP contribution in [-0.4, -0.2) is 0 Å². The molecule has 2 nitrogen and oxygen atoms in total. The quantitative estimate of drug-likeness (QED) is 0.170. The average molecular weight is 720 g/mol. The van der Waals surface area contributed by atoms with Gasteiger partial charge >= 0.3 is 0 Å². The van der Waals surface area contributed by atoms with E-state index in [-0.39, 0.29) is 0 Å². The molecule has 2 aromatic heterocycles. The van der Waals surface area contributed by atoms with Crippen molar-refractivity contribution in [3.05, 3.63) is 200 Å². The summed E-state index contributed by atoms with van der Waals surface area (Å²) in [5.74, 6) is 0. The minimum absolute atomic E-state index is 0.895. The third kappa shape index (κ3) is 5.32. The highest BCUT2D eigenvalue weighted by atomic mass is 32.1. The van der Waals surface area contributed by atoms with Gasteiger partial charge in [0.05, 0.1) is 10.4 Å². The molecule has 55 heavy (non-hydrogen) atoms. The van der Waals surface area contributed by atoms with E-state index in [1.807, 2.05) is 17.4 Å². The zero-order valence-electron chi connectivity index (χ0n) is 29.8. The molecule has 0 saturated heterocycles. The summed E-state index contributed by atoms with van der Waals surface area (Å²) in [6.07, 6.45) is 0. The van der Waals surface area contributed by atoms with Gasteiger partial charge in [0.2, 0.25) is 0 Å². The molecule has 0 N–H and O–H groups in total. The van der Waals surface area contributed by atoms with E-state index >= 15 is 0 Å². The lowest BCUT2D eigenvalue weighted by atomic mass is 9.92. The number of fused-ring (bicyclic) bond motifs is 7. The Bertz CT molecular complexity index is 3210. The zero-order valence-corrected chi connectivity index (χ0v) is 30.6. The second-order valence-corrected chi connectivity index (χ2v) is 15.1. The molecule has 0 saturated carbocycles. The number of hydrogen-bond acceptors (Lipinski definition) is 3. The molecular weight excluding hydrogens is 687 g/mol. The largest absolute Gasteiger partial charge is 0.455 e. The molecule has 0 fully saturated rings. The van der Waals surface area contributed by atoms with E-state index < -0.39 is 0 Å². The molecular formula is C52H33NOS. The predicted molar refractivity (Wildman–Crippen MR) is 235 cm³/mol. The maximum Gasteiger partial charge on any atom is 0.143 e. The monoisotopic (exact) mass is 719 g/mol. The summed E-state index contributed by atoms with van der Waals surface area (Å²) in [6, 6.07) is 72.2. The van der Waals surface area contributed by atoms with Crippen molar-refractivity contribution in [1.82, 2.24) is 0 Å². The van der Waals surface area contributed by atoms with Crippen LogP contribution < -0.4 is 4.90 Å². The summed E-state index contributed by atoms with van der Waals surface area (Å²) < 4.78 is 9.20. The first-order valence-electron chi connectivity index (χ1n) is 18.7. The zero-order chi connectivity index (χ0) is 36.3. The maximum absolute atomic E-state index is 6.66. The molecule has 0 aliphatic heterocycles. The standard InChI is InChI=1S/C52H33NOS/c1-2-13-36(14-3-1)41-31-30-40(33-47(41)45-19-10-18-44-42-16-6-8-22-49(42)54-51(44)45)53(48-21-11-20-46-43-17-7-9-23-50(43)55-52(46)48)39-28-26-35(27-29-39)38-25-24-34-12-4-5-15-37(34)32-38/h1-33H. The van der Waals surface area contributed by atoms with Crippen LogP contribution in [-0.2, 0) is 0 Å². The molecule has 0 spiro atoms. The summed E-state index contributed by atoms with van der Waals surface area (Å²) in [5.41, 5.74) is 12.0. The molecule has 0 bridgehead atoms. The molecule has 3 heteroatoms. The van der Waals surface area contributed by atoms with Crippen molar-refractivity contribution in [1.29, 1.82) is 0 Å². The predicted octanol–water partition coefficient (Wildman–Crippen LogP) is 15.6. The number of para-hydroxylation sites is 2. The topological polar surface area (TPSA) is 16.4 Å². The Balaban J connectivity index is 1.14. The van der Waals surface area contributed by atoms with Crippen LogP contribution in [0.1, 0.15) is 0 Å². The number of hydrogen-bond donors (Lipinski definition) is 0. The second-order valence-electron chi connectivity index (χ2n) is 14.1.